The highest BCUT2D eigenvalue weighted by Gasteiger charge is 2.41. The van der Waals surface area contributed by atoms with E-state index >= 15 is 0 Å². The maximum atomic E-state index is 13.5. The summed E-state index contributed by atoms with van der Waals surface area (Å²) in [5, 5.41) is 6.93. The number of halogens is 2. The van der Waals surface area contributed by atoms with Crippen LogP contribution in [0, 0.1) is 5.82 Å². The second-order valence-corrected chi connectivity index (χ2v) is 8.22. The monoisotopic (exact) mass is 466 g/mol. The van der Waals surface area contributed by atoms with Crippen molar-refractivity contribution in [2.24, 2.45) is 5.10 Å². The normalized spacial score (nSPS) is 19.6. The van der Waals surface area contributed by atoms with Gasteiger partial charge in [0.05, 0.1) is 18.4 Å². The molecule has 2 atom stereocenters. The lowest BCUT2D eigenvalue weighted by molar-refractivity contribution is -0.0191. The molecule has 0 N–H and O–H groups in total. The maximum Gasteiger partial charge on any atom is 0.213 e. The Hall–Kier alpha value is -2.86. The van der Waals surface area contributed by atoms with Crippen LogP contribution in [0.1, 0.15) is 42.3 Å². The molecule has 0 bridgehead atoms. The van der Waals surface area contributed by atoms with Gasteiger partial charge in [0, 0.05) is 22.0 Å². The third-order valence-corrected chi connectivity index (χ3v) is 5.90. The van der Waals surface area contributed by atoms with Crippen LogP contribution in [-0.2, 0) is 0 Å². The van der Waals surface area contributed by atoms with Gasteiger partial charge in [-0.15, -0.1) is 0 Å². The number of hydrogen-bond donors (Lipinski definition) is 0. The Morgan fingerprint density at radius 1 is 1.10 bits per heavy atom. The first-order chi connectivity index (χ1) is 14.6. The van der Waals surface area contributed by atoms with Crippen molar-refractivity contribution in [1.82, 2.24) is 5.01 Å². The molecule has 2 aliphatic heterocycles. The van der Waals surface area contributed by atoms with Gasteiger partial charge in [-0.1, -0.05) is 28.1 Å². The smallest absolute Gasteiger partial charge is 0.213 e. The zero-order valence-electron chi connectivity index (χ0n) is 16.4. The molecule has 0 fully saturated rings. The van der Waals surface area contributed by atoms with Gasteiger partial charge < -0.3 is 9.47 Å². The van der Waals surface area contributed by atoms with Crippen LogP contribution in [0.2, 0.25) is 0 Å². The van der Waals surface area contributed by atoms with E-state index < -0.39 is 6.23 Å². The van der Waals surface area contributed by atoms with Gasteiger partial charge in [0.25, 0.3) is 0 Å². The molecule has 0 aromatic heterocycles. The van der Waals surface area contributed by atoms with Gasteiger partial charge in [-0.3, -0.25) is 0 Å². The second kappa shape index (κ2) is 7.76. The van der Waals surface area contributed by atoms with Crippen LogP contribution in [-0.4, -0.2) is 17.3 Å². The predicted octanol–water partition coefficient (Wildman–Crippen LogP) is 6.23. The predicted molar refractivity (Wildman–Crippen MR) is 117 cm³/mol. The van der Waals surface area contributed by atoms with Gasteiger partial charge in [-0.2, -0.15) is 5.10 Å². The molecule has 3 aromatic carbocycles. The van der Waals surface area contributed by atoms with Gasteiger partial charge in [0.15, 0.2) is 0 Å². The molecule has 5 rings (SSSR count). The summed E-state index contributed by atoms with van der Waals surface area (Å²) in [7, 11) is 0. The zero-order chi connectivity index (χ0) is 20.7. The zero-order valence-corrected chi connectivity index (χ0v) is 18.0. The summed E-state index contributed by atoms with van der Waals surface area (Å²) in [6.45, 7) is 2.61. The fourth-order valence-electron chi connectivity index (χ4n) is 3.99. The standard InChI is InChI=1S/C24H20BrFN2O2/c1-2-29-19-10-5-15(6-11-19)21-14-22-20-13-17(25)7-12-23(20)30-24(28(22)27-21)16-3-8-18(26)9-4-16/h3-13,22,24H,2,14H2,1H3. The van der Waals surface area contributed by atoms with Crippen molar-refractivity contribution >= 4 is 21.6 Å². The lowest BCUT2D eigenvalue weighted by Gasteiger charge is -2.38. The Morgan fingerprint density at radius 3 is 2.60 bits per heavy atom. The molecule has 4 nitrogen and oxygen atoms in total. The summed E-state index contributed by atoms with van der Waals surface area (Å²) in [5.74, 6) is 1.41. The second-order valence-electron chi connectivity index (χ2n) is 7.31. The molecule has 0 aliphatic carbocycles. The van der Waals surface area contributed by atoms with Crippen molar-refractivity contribution < 1.29 is 13.9 Å². The highest BCUT2D eigenvalue weighted by Crippen LogP contribution is 2.48. The van der Waals surface area contributed by atoms with Crippen LogP contribution < -0.4 is 9.47 Å². The van der Waals surface area contributed by atoms with Gasteiger partial charge in [0.2, 0.25) is 6.23 Å². The van der Waals surface area contributed by atoms with Crippen molar-refractivity contribution in [3.05, 3.63) is 93.7 Å². The molecule has 0 saturated heterocycles. The first-order valence-corrected chi connectivity index (χ1v) is 10.7. The number of nitrogens with zero attached hydrogens (tertiary/aromatic N) is 2. The molecule has 2 heterocycles. The fourth-order valence-corrected chi connectivity index (χ4v) is 4.37. The lowest BCUT2D eigenvalue weighted by atomic mass is 9.96. The first-order valence-electron chi connectivity index (χ1n) is 9.93. The molecule has 0 spiro atoms. The number of fused-ring (bicyclic) bond motifs is 3. The molecule has 0 amide bonds. The minimum Gasteiger partial charge on any atom is -0.494 e. The van der Waals surface area contributed by atoms with Crippen LogP contribution in [0.5, 0.6) is 11.5 Å². The van der Waals surface area contributed by atoms with Crippen LogP contribution in [0.3, 0.4) is 0 Å². The van der Waals surface area contributed by atoms with Gasteiger partial charge in [0.1, 0.15) is 17.3 Å². The number of hydrazone groups is 1. The van der Waals surface area contributed by atoms with Crippen LogP contribution in [0.4, 0.5) is 4.39 Å². The van der Waals surface area contributed by atoms with Crippen molar-refractivity contribution in [3.8, 4) is 11.5 Å². The van der Waals surface area contributed by atoms with Gasteiger partial charge in [-0.25, -0.2) is 9.40 Å². The number of hydrogen-bond acceptors (Lipinski definition) is 4. The molecule has 0 saturated carbocycles. The first kappa shape index (κ1) is 19.1. The SMILES string of the molecule is CCOc1ccc(C2=NN3C(C2)c2cc(Br)ccc2OC3c2ccc(F)cc2)cc1. The minimum absolute atomic E-state index is 0.0443. The topological polar surface area (TPSA) is 34.1 Å². The molecule has 2 unspecified atom stereocenters. The third-order valence-electron chi connectivity index (χ3n) is 5.41. The highest BCUT2D eigenvalue weighted by molar-refractivity contribution is 9.10. The average Bonchev–Trinajstić information content (AvgIpc) is 3.21. The molecule has 30 heavy (non-hydrogen) atoms. The fraction of sp³-hybridized carbons (Fsp3) is 0.208. The Kier molecular flexibility index (Phi) is 4.95. The summed E-state index contributed by atoms with van der Waals surface area (Å²) in [5.41, 5.74) is 4.01. The van der Waals surface area contributed by atoms with Crippen molar-refractivity contribution in [2.75, 3.05) is 6.61 Å². The molecule has 3 aromatic rings. The van der Waals surface area contributed by atoms with E-state index in [2.05, 4.69) is 22.0 Å². The van der Waals surface area contributed by atoms with E-state index in [0.717, 1.165) is 44.8 Å². The molecule has 2 aliphatic rings. The Labute approximate surface area is 183 Å². The van der Waals surface area contributed by atoms with Crippen molar-refractivity contribution in [1.29, 1.82) is 0 Å². The van der Waals surface area contributed by atoms with E-state index in [0.29, 0.717) is 6.61 Å². The Bertz CT molecular complexity index is 1100. The molecule has 152 valence electrons. The van der Waals surface area contributed by atoms with E-state index in [9.17, 15) is 4.39 Å². The summed E-state index contributed by atoms with van der Waals surface area (Å²) in [6, 6.07) is 20.5. The largest absolute Gasteiger partial charge is 0.494 e. The summed E-state index contributed by atoms with van der Waals surface area (Å²) >= 11 is 3.57. The average molecular weight is 467 g/mol. The molecular formula is C24H20BrFN2O2. The van der Waals surface area contributed by atoms with E-state index in [1.54, 1.807) is 12.1 Å². The molecule has 0 radical (unpaired) electrons. The van der Waals surface area contributed by atoms with Crippen LogP contribution in [0.25, 0.3) is 0 Å². The summed E-state index contributed by atoms with van der Waals surface area (Å²) in [6.07, 6.45) is 0.350. The number of benzene rings is 3. The lowest BCUT2D eigenvalue weighted by Crippen LogP contribution is -2.33. The van der Waals surface area contributed by atoms with E-state index in [1.165, 1.54) is 12.1 Å². The summed E-state index contributed by atoms with van der Waals surface area (Å²) in [4.78, 5) is 0. The van der Waals surface area contributed by atoms with E-state index in [-0.39, 0.29) is 11.9 Å². The van der Waals surface area contributed by atoms with Crippen molar-refractivity contribution in [2.45, 2.75) is 25.6 Å². The Morgan fingerprint density at radius 2 is 1.87 bits per heavy atom. The van der Waals surface area contributed by atoms with Gasteiger partial charge in [-0.05, 0) is 67.1 Å². The number of ether oxygens (including phenoxy) is 2. The van der Waals surface area contributed by atoms with Crippen LogP contribution in [0.15, 0.2) is 76.3 Å². The van der Waals surface area contributed by atoms with Crippen LogP contribution >= 0.6 is 15.9 Å². The highest BCUT2D eigenvalue weighted by atomic mass is 79.9. The number of rotatable bonds is 4. The third kappa shape index (κ3) is 3.45. The molecule has 6 heteroatoms. The molecular weight excluding hydrogens is 447 g/mol. The Balaban J connectivity index is 1.54. The van der Waals surface area contributed by atoms with E-state index in [4.69, 9.17) is 14.6 Å². The van der Waals surface area contributed by atoms with Crippen molar-refractivity contribution in [3.63, 3.8) is 0 Å². The van der Waals surface area contributed by atoms with E-state index in [1.807, 2.05) is 48.3 Å². The van der Waals surface area contributed by atoms with Gasteiger partial charge >= 0.3 is 0 Å². The summed E-state index contributed by atoms with van der Waals surface area (Å²) < 4.78 is 26.4. The maximum absolute atomic E-state index is 13.5. The minimum atomic E-state index is -0.413. The quantitative estimate of drug-likeness (QED) is 0.456.